The number of hydrogen-bond donors (Lipinski definition) is 0. The third-order valence-electron chi connectivity index (χ3n) is 3.65. The maximum Gasteiger partial charge on any atom is 0.337 e. The molecule has 1 aromatic rings. The number of hydrazine groups is 1. The van der Waals surface area contributed by atoms with Gasteiger partial charge in [-0.15, -0.1) is 0 Å². The molecule has 1 saturated heterocycles. The van der Waals surface area contributed by atoms with E-state index >= 15 is 0 Å². The molecular weight excluding hydrogens is 275 g/mol. The molecular formula is C15H15FN2O3. The van der Waals surface area contributed by atoms with E-state index in [0.717, 1.165) is 0 Å². The summed E-state index contributed by atoms with van der Waals surface area (Å²) in [6.45, 7) is 2.39. The minimum atomic E-state index is -0.614. The number of nitrogens with zero attached hydrogens (tertiary/aromatic N) is 2. The lowest BCUT2D eigenvalue weighted by molar-refractivity contribution is -0.139. The highest BCUT2D eigenvalue weighted by molar-refractivity contribution is 5.92. The Kier molecular flexibility index (Phi) is 3.47. The van der Waals surface area contributed by atoms with Gasteiger partial charge in [-0.25, -0.2) is 19.2 Å². The van der Waals surface area contributed by atoms with Crippen molar-refractivity contribution in [3.8, 4) is 0 Å². The number of halogens is 1. The maximum absolute atomic E-state index is 14.1. The van der Waals surface area contributed by atoms with Crippen LogP contribution >= 0.6 is 0 Å². The predicted molar refractivity (Wildman–Crippen MR) is 72.0 cm³/mol. The molecule has 21 heavy (non-hydrogen) atoms. The zero-order valence-electron chi connectivity index (χ0n) is 11.6. The van der Waals surface area contributed by atoms with Gasteiger partial charge in [-0.1, -0.05) is 18.2 Å². The summed E-state index contributed by atoms with van der Waals surface area (Å²) in [6, 6.07) is 5.66. The molecule has 2 aliphatic heterocycles. The summed E-state index contributed by atoms with van der Waals surface area (Å²) >= 11 is 0. The molecule has 6 heteroatoms. The van der Waals surface area contributed by atoms with Crippen LogP contribution in [0.5, 0.6) is 0 Å². The summed E-state index contributed by atoms with van der Waals surface area (Å²) < 4.78 is 19.1. The van der Waals surface area contributed by atoms with E-state index in [1.807, 2.05) is 0 Å². The molecule has 0 N–H and O–H groups in total. The van der Waals surface area contributed by atoms with E-state index in [0.29, 0.717) is 18.5 Å². The second-order valence-electron chi connectivity index (χ2n) is 4.88. The Morgan fingerprint density at radius 1 is 1.43 bits per heavy atom. The van der Waals surface area contributed by atoms with Gasteiger partial charge < -0.3 is 4.74 Å². The van der Waals surface area contributed by atoms with Crippen LogP contribution in [0, 0.1) is 5.82 Å². The standard InChI is InChI=1S/C15H15FN2O3/c1-2-21-15(20)11-9-18-13(19)7-8-17(18)14(11)10-5-3-4-6-12(10)16/h3-6,9,14H,2,7-8H2,1H3. The van der Waals surface area contributed by atoms with E-state index < -0.39 is 17.8 Å². The van der Waals surface area contributed by atoms with Crippen molar-refractivity contribution in [2.75, 3.05) is 13.2 Å². The summed E-state index contributed by atoms with van der Waals surface area (Å²) in [6.07, 6.45) is 1.82. The van der Waals surface area contributed by atoms with Gasteiger partial charge in [-0.2, -0.15) is 0 Å². The van der Waals surface area contributed by atoms with Crippen molar-refractivity contribution in [1.82, 2.24) is 10.0 Å². The number of carbonyl (C=O) groups is 2. The molecule has 1 fully saturated rings. The van der Waals surface area contributed by atoms with E-state index in [1.165, 1.54) is 17.3 Å². The van der Waals surface area contributed by atoms with Crippen LogP contribution in [0.15, 0.2) is 36.0 Å². The number of fused-ring (bicyclic) bond motifs is 1. The fourth-order valence-electron chi connectivity index (χ4n) is 2.74. The number of carbonyl (C=O) groups excluding carboxylic acids is 2. The van der Waals surface area contributed by atoms with Crippen LogP contribution in [0.4, 0.5) is 4.39 Å². The molecule has 110 valence electrons. The Hall–Kier alpha value is -2.21. The maximum atomic E-state index is 14.1. The van der Waals surface area contributed by atoms with Crippen LogP contribution in [0.2, 0.25) is 0 Å². The van der Waals surface area contributed by atoms with Crippen LogP contribution in [-0.4, -0.2) is 35.0 Å². The van der Waals surface area contributed by atoms with E-state index in [4.69, 9.17) is 4.74 Å². The molecule has 0 radical (unpaired) electrons. The topological polar surface area (TPSA) is 49.9 Å². The van der Waals surface area contributed by atoms with Crippen molar-refractivity contribution in [3.05, 3.63) is 47.4 Å². The molecule has 0 aromatic heterocycles. The summed E-state index contributed by atoms with van der Waals surface area (Å²) in [5.41, 5.74) is 0.656. The van der Waals surface area contributed by atoms with E-state index in [9.17, 15) is 14.0 Å². The second-order valence-corrected chi connectivity index (χ2v) is 4.88. The van der Waals surface area contributed by atoms with Crippen molar-refractivity contribution < 1.29 is 18.7 Å². The Morgan fingerprint density at radius 2 is 2.19 bits per heavy atom. The number of rotatable bonds is 3. The Labute approximate surface area is 121 Å². The van der Waals surface area contributed by atoms with Gasteiger partial charge in [0.05, 0.1) is 18.2 Å². The lowest BCUT2D eigenvalue weighted by Crippen LogP contribution is -2.33. The van der Waals surface area contributed by atoms with Gasteiger partial charge in [0.2, 0.25) is 5.91 Å². The van der Waals surface area contributed by atoms with Crippen molar-refractivity contribution >= 4 is 11.9 Å². The van der Waals surface area contributed by atoms with Crippen LogP contribution < -0.4 is 0 Å². The molecule has 0 spiro atoms. The Bertz CT molecular complexity index is 629. The lowest BCUT2D eigenvalue weighted by atomic mass is 9.99. The van der Waals surface area contributed by atoms with E-state index in [2.05, 4.69) is 0 Å². The molecule has 5 nitrogen and oxygen atoms in total. The van der Waals surface area contributed by atoms with Gasteiger partial charge >= 0.3 is 5.97 Å². The average molecular weight is 290 g/mol. The van der Waals surface area contributed by atoms with Gasteiger partial charge in [0.25, 0.3) is 0 Å². The van der Waals surface area contributed by atoms with Crippen LogP contribution in [-0.2, 0) is 14.3 Å². The number of ether oxygens (including phenoxy) is 1. The zero-order chi connectivity index (χ0) is 15.0. The molecule has 1 aromatic carbocycles. The first-order valence-electron chi connectivity index (χ1n) is 6.85. The third kappa shape index (κ3) is 2.21. The summed E-state index contributed by atoms with van der Waals surface area (Å²) in [4.78, 5) is 23.9. The largest absolute Gasteiger partial charge is 0.463 e. The molecule has 0 aliphatic carbocycles. The first-order chi connectivity index (χ1) is 10.1. The molecule has 1 amide bonds. The first-order valence-corrected chi connectivity index (χ1v) is 6.85. The quantitative estimate of drug-likeness (QED) is 0.796. The molecule has 2 aliphatic rings. The lowest BCUT2D eigenvalue weighted by Gasteiger charge is -2.26. The number of esters is 1. The van der Waals surface area contributed by atoms with Gasteiger partial charge in [-0.3, -0.25) is 4.79 Å². The first kappa shape index (κ1) is 13.8. The normalized spacial score (nSPS) is 21.4. The SMILES string of the molecule is CCOC(=O)C1=CN2C(=O)CCN2C1c1ccccc1F. The zero-order valence-corrected chi connectivity index (χ0v) is 11.6. The highest BCUT2D eigenvalue weighted by Gasteiger charge is 2.44. The summed E-state index contributed by atoms with van der Waals surface area (Å²) in [7, 11) is 0. The van der Waals surface area contributed by atoms with Gasteiger partial charge in [0, 0.05) is 24.7 Å². The van der Waals surface area contributed by atoms with Crippen LogP contribution in [0.25, 0.3) is 0 Å². The Balaban J connectivity index is 2.03. The molecule has 0 saturated carbocycles. The summed E-state index contributed by atoms with van der Waals surface area (Å²) in [5.74, 6) is -1.03. The number of hydrogen-bond acceptors (Lipinski definition) is 4. The van der Waals surface area contributed by atoms with E-state index in [-0.39, 0.29) is 18.1 Å². The predicted octanol–water partition coefficient (Wildman–Crippen LogP) is 1.78. The van der Waals surface area contributed by atoms with Gasteiger partial charge in [0.1, 0.15) is 5.82 Å². The van der Waals surface area contributed by atoms with Crippen molar-refractivity contribution in [2.45, 2.75) is 19.4 Å². The number of amides is 1. The number of benzene rings is 1. The molecule has 2 heterocycles. The average Bonchev–Trinajstić information content (AvgIpc) is 3.00. The minimum Gasteiger partial charge on any atom is -0.463 e. The van der Waals surface area contributed by atoms with E-state index in [1.54, 1.807) is 30.1 Å². The van der Waals surface area contributed by atoms with Crippen molar-refractivity contribution in [1.29, 1.82) is 0 Å². The monoisotopic (exact) mass is 290 g/mol. The third-order valence-corrected chi connectivity index (χ3v) is 3.65. The van der Waals surface area contributed by atoms with Gasteiger partial charge in [-0.05, 0) is 13.0 Å². The highest BCUT2D eigenvalue weighted by atomic mass is 19.1. The van der Waals surface area contributed by atoms with Crippen LogP contribution in [0.1, 0.15) is 24.9 Å². The summed E-state index contributed by atoms with van der Waals surface area (Å²) in [5, 5.41) is 3.09. The fourth-order valence-corrected chi connectivity index (χ4v) is 2.74. The van der Waals surface area contributed by atoms with Crippen molar-refractivity contribution in [2.24, 2.45) is 0 Å². The molecule has 3 rings (SSSR count). The second kappa shape index (κ2) is 5.29. The van der Waals surface area contributed by atoms with Crippen molar-refractivity contribution in [3.63, 3.8) is 0 Å². The highest BCUT2D eigenvalue weighted by Crippen LogP contribution is 2.40. The smallest absolute Gasteiger partial charge is 0.337 e. The molecule has 1 unspecified atom stereocenters. The minimum absolute atomic E-state index is 0.101. The van der Waals surface area contributed by atoms with Gasteiger partial charge in [0.15, 0.2) is 0 Å². The fraction of sp³-hybridized carbons (Fsp3) is 0.333. The molecule has 0 bridgehead atoms. The Morgan fingerprint density at radius 3 is 2.90 bits per heavy atom. The van der Waals surface area contributed by atoms with Crippen LogP contribution in [0.3, 0.4) is 0 Å². The molecule has 1 atom stereocenters.